The van der Waals surface area contributed by atoms with Crippen molar-refractivity contribution in [2.45, 2.75) is 49.9 Å². The molecule has 31 heavy (non-hydrogen) atoms. The van der Waals surface area contributed by atoms with Gasteiger partial charge < -0.3 is 30.1 Å². The number of hydrogen-bond donors (Lipinski definition) is 4. The summed E-state index contributed by atoms with van der Waals surface area (Å²) >= 11 is 0. The van der Waals surface area contributed by atoms with Gasteiger partial charge in [0, 0.05) is 18.2 Å². The third kappa shape index (κ3) is 3.30. The number of amides is 1. The Hall–Kier alpha value is -2.85. The lowest BCUT2D eigenvalue weighted by molar-refractivity contribution is -0.163. The van der Waals surface area contributed by atoms with E-state index in [0.29, 0.717) is 6.42 Å². The van der Waals surface area contributed by atoms with Crippen LogP contribution in [0, 0.1) is 0 Å². The third-order valence-electron chi connectivity index (χ3n) is 5.58. The molecule has 9 nitrogen and oxygen atoms in total. The van der Waals surface area contributed by atoms with Gasteiger partial charge in [-0.15, -0.1) is 0 Å². The second kappa shape index (κ2) is 8.35. The van der Waals surface area contributed by atoms with Crippen LogP contribution in [-0.4, -0.2) is 69.5 Å². The number of nitrogens with one attached hydrogen (secondary N) is 1. The average Bonchev–Trinajstić information content (AvgIpc) is 3.18. The summed E-state index contributed by atoms with van der Waals surface area (Å²) in [5, 5.41) is 34.0. The molecule has 1 amide bonds. The van der Waals surface area contributed by atoms with E-state index in [0.717, 1.165) is 7.11 Å². The van der Waals surface area contributed by atoms with E-state index >= 15 is 0 Å². The van der Waals surface area contributed by atoms with Gasteiger partial charge in [0.1, 0.15) is 18.0 Å². The molecule has 0 aromatic heterocycles. The zero-order valence-electron chi connectivity index (χ0n) is 17.4. The SMILES string of the molecule is CC/C=C\[C@H](O)[C@H](O)C1=C(C)C(=O)[C@]2(O1)C(=O)N[C@](OC)(C(=O)c1ccccc1)[C@@H]2O. The van der Waals surface area contributed by atoms with Gasteiger partial charge in [0.2, 0.25) is 17.3 Å². The molecule has 3 rings (SSSR count). The average molecular weight is 431 g/mol. The van der Waals surface area contributed by atoms with Crippen molar-refractivity contribution in [2.75, 3.05) is 7.11 Å². The largest absolute Gasteiger partial charge is 0.467 e. The molecule has 9 heteroatoms. The summed E-state index contributed by atoms with van der Waals surface area (Å²) < 4.78 is 10.8. The smallest absolute Gasteiger partial charge is 0.278 e. The number of allylic oxidation sites excluding steroid dienone is 1. The molecule has 0 radical (unpaired) electrons. The van der Waals surface area contributed by atoms with Crippen molar-refractivity contribution < 1.29 is 39.2 Å². The Kier molecular flexibility index (Phi) is 6.15. The highest BCUT2D eigenvalue weighted by Gasteiger charge is 2.74. The summed E-state index contributed by atoms with van der Waals surface area (Å²) in [6, 6.07) is 7.82. The van der Waals surface area contributed by atoms with Gasteiger partial charge in [-0.3, -0.25) is 14.4 Å². The van der Waals surface area contributed by atoms with Crippen molar-refractivity contribution >= 4 is 17.5 Å². The van der Waals surface area contributed by atoms with Crippen LogP contribution in [0.1, 0.15) is 30.6 Å². The molecule has 1 aromatic rings. The first-order valence-corrected chi connectivity index (χ1v) is 9.80. The van der Waals surface area contributed by atoms with Crippen molar-refractivity contribution in [3.05, 3.63) is 59.4 Å². The van der Waals surface area contributed by atoms with Crippen molar-refractivity contribution in [1.82, 2.24) is 5.32 Å². The van der Waals surface area contributed by atoms with Gasteiger partial charge in [0.25, 0.3) is 11.5 Å². The van der Waals surface area contributed by atoms with Crippen LogP contribution in [0.25, 0.3) is 0 Å². The topological polar surface area (TPSA) is 142 Å². The summed E-state index contributed by atoms with van der Waals surface area (Å²) in [6.07, 6.45) is -1.60. The van der Waals surface area contributed by atoms with Crippen LogP contribution in [0.5, 0.6) is 0 Å². The maximum atomic E-state index is 13.1. The number of ketones is 2. The number of carbonyl (C=O) groups excluding carboxylic acids is 3. The molecular formula is C22H25NO8. The number of benzene rings is 1. The minimum absolute atomic E-state index is 0.135. The molecule has 166 valence electrons. The first kappa shape index (κ1) is 22.8. The summed E-state index contributed by atoms with van der Waals surface area (Å²) in [5.41, 5.74) is -4.83. The van der Waals surface area contributed by atoms with E-state index in [9.17, 15) is 29.7 Å². The van der Waals surface area contributed by atoms with Gasteiger partial charge in [0.05, 0.1) is 0 Å². The Morgan fingerprint density at radius 2 is 1.94 bits per heavy atom. The number of methoxy groups -OCH3 is 1. The Morgan fingerprint density at radius 1 is 1.29 bits per heavy atom. The molecule has 1 saturated heterocycles. The Morgan fingerprint density at radius 3 is 2.52 bits per heavy atom. The van der Waals surface area contributed by atoms with Gasteiger partial charge in [-0.05, 0) is 13.3 Å². The zero-order chi connectivity index (χ0) is 23.0. The number of aliphatic hydroxyl groups excluding tert-OH is 3. The normalized spacial score (nSPS) is 30.1. The van der Waals surface area contributed by atoms with E-state index in [2.05, 4.69) is 5.32 Å². The van der Waals surface area contributed by atoms with E-state index in [1.807, 2.05) is 6.92 Å². The van der Waals surface area contributed by atoms with Gasteiger partial charge in [-0.2, -0.15) is 0 Å². The number of ether oxygens (including phenoxy) is 2. The van der Waals surface area contributed by atoms with Crippen LogP contribution >= 0.6 is 0 Å². The van der Waals surface area contributed by atoms with Gasteiger partial charge in [-0.25, -0.2) is 0 Å². The van der Waals surface area contributed by atoms with E-state index < -0.39 is 47.1 Å². The zero-order valence-corrected chi connectivity index (χ0v) is 17.4. The lowest BCUT2D eigenvalue weighted by Crippen LogP contribution is -2.60. The van der Waals surface area contributed by atoms with Gasteiger partial charge in [-0.1, -0.05) is 49.4 Å². The van der Waals surface area contributed by atoms with E-state index in [-0.39, 0.29) is 16.9 Å². The molecule has 1 spiro atoms. The maximum absolute atomic E-state index is 13.1. The molecule has 2 aliphatic heterocycles. The molecule has 1 fully saturated rings. The summed E-state index contributed by atoms with van der Waals surface area (Å²) in [4.78, 5) is 39.2. The number of Topliss-reactive ketones (excluding diaryl/α,β-unsaturated/α-hetero) is 2. The van der Waals surface area contributed by atoms with E-state index in [4.69, 9.17) is 9.47 Å². The highest BCUT2D eigenvalue weighted by atomic mass is 16.6. The van der Waals surface area contributed by atoms with E-state index in [1.54, 1.807) is 24.3 Å². The predicted octanol–water partition coefficient (Wildman–Crippen LogP) is 0.00280. The van der Waals surface area contributed by atoms with E-state index in [1.165, 1.54) is 25.1 Å². The standard InChI is InChI=1S/C22H25NO8/c1-4-5-11-14(24)15(25)16-12(2)17(26)21(31-16)19(28)22(30-3,23-20(21)29)18(27)13-9-7-6-8-10-13/h5-11,14-15,19,24-25,28H,4H2,1-3H3,(H,23,29)/b11-5-/t14-,15-,19+,21+,22-/m0/s1. The lowest BCUT2D eigenvalue weighted by Gasteiger charge is -2.32. The molecule has 2 heterocycles. The fourth-order valence-electron chi connectivity index (χ4n) is 3.81. The molecule has 0 unspecified atom stereocenters. The quantitative estimate of drug-likeness (QED) is 0.269. The second-order valence-corrected chi connectivity index (χ2v) is 7.42. The summed E-state index contributed by atoms with van der Waals surface area (Å²) in [6.45, 7) is 3.13. The molecular weight excluding hydrogens is 406 g/mol. The monoisotopic (exact) mass is 431 g/mol. The van der Waals surface area contributed by atoms with Crippen LogP contribution < -0.4 is 5.32 Å². The number of aliphatic hydroxyl groups is 3. The molecule has 4 N–H and O–H groups in total. The Labute approximate surface area is 179 Å². The fourth-order valence-corrected chi connectivity index (χ4v) is 3.81. The highest BCUT2D eigenvalue weighted by molar-refractivity contribution is 6.23. The van der Waals surface area contributed by atoms with Gasteiger partial charge in [0.15, 0.2) is 6.10 Å². The predicted molar refractivity (Wildman–Crippen MR) is 108 cm³/mol. The Balaban J connectivity index is 1.99. The maximum Gasteiger partial charge on any atom is 0.278 e. The van der Waals surface area contributed by atoms with Crippen LogP contribution in [-0.2, 0) is 19.1 Å². The van der Waals surface area contributed by atoms with Crippen molar-refractivity contribution in [3.63, 3.8) is 0 Å². The first-order chi connectivity index (χ1) is 14.7. The van der Waals surface area contributed by atoms with Crippen LogP contribution in [0.4, 0.5) is 0 Å². The van der Waals surface area contributed by atoms with Crippen LogP contribution in [0.2, 0.25) is 0 Å². The van der Waals surface area contributed by atoms with Crippen molar-refractivity contribution in [3.8, 4) is 0 Å². The molecule has 0 saturated carbocycles. The molecule has 0 aliphatic carbocycles. The highest BCUT2D eigenvalue weighted by Crippen LogP contribution is 2.44. The summed E-state index contributed by atoms with van der Waals surface area (Å²) in [5.74, 6) is -3.15. The number of hydrogen-bond acceptors (Lipinski definition) is 8. The van der Waals surface area contributed by atoms with Gasteiger partial charge >= 0.3 is 0 Å². The third-order valence-corrected chi connectivity index (χ3v) is 5.58. The van der Waals surface area contributed by atoms with Crippen molar-refractivity contribution in [1.29, 1.82) is 0 Å². The fraction of sp³-hybridized carbons (Fsp3) is 0.409. The van der Waals surface area contributed by atoms with Crippen molar-refractivity contribution in [2.24, 2.45) is 0 Å². The molecule has 2 aliphatic rings. The molecule has 1 aromatic carbocycles. The second-order valence-electron chi connectivity index (χ2n) is 7.42. The molecule has 5 atom stereocenters. The van der Waals surface area contributed by atoms with Crippen LogP contribution in [0.15, 0.2) is 53.8 Å². The first-order valence-electron chi connectivity index (χ1n) is 9.80. The Bertz CT molecular complexity index is 956. The van der Waals surface area contributed by atoms with Crippen LogP contribution in [0.3, 0.4) is 0 Å². The lowest BCUT2D eigenvalue weighted by atomic mass is 9.85. The minimum atomic E-state index is -2.53. The number of rotatable bonds is 7. The molecule has 0 bridgehead atoms. The summed E-state index contributed by atoms with van der Waals surface area (Å²) in [7, 11) is 1.11. The number of carbonyl (C=O) groups is 3. The minimum Gasteiger partial charge on any atom is -0.467 e.